The van der Waals surface area contributed by atoms with Crippen molar-refractivity contribution < 1.29 is 19.7 Å². The minimum absolute atomic E-state index is 0.00348. The number of rotatable bonds is 2. The smallest absolute Gasteiger partial charge is 0.232 e. The monoisotopic (exact) mass is 294 g/mol. The predicted octanol–water partition coefficient (Wildman–Crippen LogP) is 3.66. The number of benzene rings is 2. The van der Waals surface area contributed by atoms with Gasteiger partial charge in [-0.3, -0.25) is 4.79 Å². The van der Waals surface area contributed by atoms with Gasteiger partial charge in [-0.25, -0.2) is 0 Å². The van der Waals surface area contributed by atoms with Crippen LogP contribution in [-0.2, 0) is 0 Å². The van der Waals surface area contributed by atoms with Gasteiger partial charge in [-0.15, -0.1) is 0 Å². The number of hydrogen-bond acceptors (Lipinski definition) is 4. The summed E-state index contributed by atoms with van der Waals surface area (Å²) in [4.78, 5) is 12.2. The van der Waals surface area contributed by atoms with Crippen molar-refractivity contribution in [2.75, 3.05) is 0 Å². The van der Waals surface area contributed by atoms with Gasteiger partial charge in [0.15, 0.2) is 17.3 Å². The number of Topliss-reactive ketones (excluding diaryl/α,β-unsaturated/α-hetero) is 1. The highest BCUT2D eigenvalue weighted by Crippen LogP contribution is 2.43. The highest BCUT2D eigenvalue weighted by atomic mass is 16.5. The molecule has 3 rings (SSSR count). The number of hydrogen-bond donors (Lipinski definition) is 2. The Hall–Kier alpha value is -3.01. The molecule has 0 aromatic heterocycles. The third-order valence-electron chi connectivity index (χ3n) is 3.34. The largest absolute Gasteiger partial charge is 0.504 e. The van der Waals surface area contributed by atoms with Crippen molar-refractivity contribution in [1.82, 2.24) is 0 Å². The molecular weight excluding hydrogens is 280 g/mol. The molecule has 110 valence electrons. The summed E-state index contributed by atoms with van der Waals surface area (Å²) >= 11 is 0. The summed E-state index contributed by atoms with van der Waals surface area (Å²) in [6, 6.07) is 12.4. The number of carbonyl (C=O) groups is 1. The van der Waals surface area contributed by atoms with Gasteiger partial charge in [0.1, 0.15) is 0 Å². The third-order valence-corrected chi connectivity index (χ3v) is 3.34. The van der Waals surface area contributed by atoms with Gasteiger partial charge < -0.3 is 14.9 Å². The molecule has 0 radical (unpaired) electrons. The normalized spacial score (nSPS) is 15.8. The molecule has 2 aromatic rings. The molecule has 4 nitrogen and oxygen atoms in total. The van der Waals surface area contributed by atoms with Crippen molar-refractivity contribution >= 4 is 11.9 Å². The van der Waals surface area contributed by atoms with E-state index in [0.29, 0.717) is 0 Å². The van der Waals surface area contributed by atoms with Crippen molar-refractivity contribution in [3.05, 3.63) is 71.0 Å². The van der Waals surface area contributed by atoms with Crippen molar-refractivity contribution in [3.63, 3.8) is 0 Å². The molecule has 0 amide bonds. The molecule has 2 aromatic carbocycles. The zero-order valence-corrected chi connectivity index (χ0v) is 11.9. The second-order valence-corrected chi connectivity index (χ2v) is 5.05. The van der Waals surface area contributed by atoms with Crippen LogP contribution in [0, 0.1) is 0 Å². The standard InChI is InChI=1S/C18H14O4/c1-11(9-12-5-3-2-4-6-12)10-15-16(20)13-7-8-14(19)17(21)18(13)22-15/h2-10,19,21H,1H3/b11-9+,15-10+. The molecule has 0 fully saturated rings. The van der Waals surface area contributed by atoms with E-state index in [9.17, 15) is 15.0 Å². The first-order valence-corrected chi connectivity index (χ1v) is 6.79. The van der Waals surface area contributed by atoms with Crippen LogP contribution in [0.25, 0.3) is 6.08 Å². The Kier molecular flexibility index (Phi) is 3.43. The number of allylic oxidation sites excluding steroid dienone is 3. The molecule has 0 aliphatic carbocycles. The van der Waals surface area contributed by atoms with E-state index in [1.54, 1.807) is 6.08 Å². The topological polar surface area (TPSA) is 66.8 Å². The van der Waals surface area contributed by atoms with Gasteiger partial charge >= 0.3 is 0 Å². The Morgan fingerprint density at radius 2 is 1.82 bits per heavy atom. The fraction of sp³-hybridized carbons (Fsp3) is 0.0556. The maximum atomic E-state index is 12.2. The number of ketones is 1. The van der Waals surface area contributed by atoms with Gasteiger partial charge in [0, 0.05) is 0 Å². The lowest BCUT2D eigenvalue weighted by Crippen LogP contribution is -1.98. The highest BCUT2D eigenvalue weighted by molar-refractivity contribution is 6.13. The van der Waals surface area contributed by atoms with Crippen molar-refractivity contribution in [2.24, 2.45) is 0 Å². The summed E-state index contributed by atoms with van der Waals surface area (Å²) in [6.07, 6.45) is 3.54. The molecular formula is C18H14O4. The van der Waals surface area contributed by atoms with Crippen LogP contribution in [0.15, 0.2) is 59.9 Å². The Labute approximate surface area is 127 Å². The fourth-order valence-corrected chi connectivity index (χ4v) is 2.29. The summed E-state index contributed by atoms with van der Waals surface area (Å²) < 4.78 is 5.40. The van der Waals surface area contributed by atoms with Crippen LogP contribution >= 0.6 is 0 Å². The van der Waals surface area contributed by atoms with E-state index in [4.69, 9.17) is 4.74 Å². The molecule has 1 heterocycles. The Morgan fingerprint density at radius 1 is 1.09 bits per heavy atom. The first-order valence-electron chi connectivity index (χ1n) is 6.79. The minimum Gasteiger partial charge on any atom is -0.504 e. The average molecular weight is 294 g/mol. The molecule has 2 N–H and O–H groups in total. The Balaban J connectivity index is 1.93. The Bertz CT molecular complexity index is 801. The maximum Gasteiger partial charge on any atom is 0.232 e. The number of carbonyl (C=O) groups excluding carboxylic acids is 1. The van der Waals surface area contributed by atoms with E-state index < -0.39 is 5.75 Å². The zero-order chi connectivity index (χ0) is 15.7. The summed E-state index contributed by atoms with van der Waals surface area (Å²) in [5, 5.41) is 19.2. The lowest BCUT2D eigenvalue weighted by atomic mass is 10.1. The lowest BCUT2D eigenvalue weighted by Gasteiger charge is -2.02. The summed E-state index contributed by atoms with van der Waals surface area (Å²) in [5.41, 5.74) is 2.10. The molecule has 1 aliphatic heterocycles. The summed E-state index contributed by atoms with van der Waals surface area (Å²) in [6.45, 7) is 1.86. The zero-order valence-electron chi connectivity index (χ0n) is 11.9. The van der Waals surface area contributed by atoms with E-state index in [1.807, 2.05) is 43.3 Å². The van der Waals surface area contributed by atoms with E-state index in [2.05, 4.69) is 0 Å². The average Bonchev–Trinajstić information content (AvgIpc) is 2.81. The molecule has 4 heteroatoms. The van der Waals surface area contributed by atoms with Gasteiger partial charge in [0.2, 0.25) is 11.5 Å². The van der Waals surface area contributed by atoms with E-state index in [0.717, 1.165) is 11.1 Å². The second kappa shape index (κ2) is 5.41. The van der Waals surface area contributed by atoms with Crippen LogP contribution in [0.4, 0.5) is 0 Å². The number of fused-ring (bicyclic) bond motifs is 1. The molecule has 0 atom stereocenters. The minimum atomic E-state index is -0.418. The fourth-order valence-electron chi connectivity index (χ4n) is 2.29. The molecule has 0 bridgehead atoms. The highest BCUT2D eigenvalue weighted by Gasteiger charge is 2.31. The third kappa shape index (κ3) is 2.46. The summed E-state index contributed by atoms with van der Waals surface area (Å²) in [7, 11) is 0. The maximum absolute atomic E-state index is 12.2. The van der Waals surface area contributed by atoms with Gasteiger partial charge in [-0.05, 0) is 36.3 Å². The number of phenols is 2. The van der Waals surface area contributed by atoms with Crippen LogP contribution in [-0.4, -0.2) is 16.0 Å². The number of aromatic hydroxyl groups is 2. The molecule has 0 saturated heterocycles. The second-order valence-electron chi connectivity index (χ2n) is 5.05. The lowest BCUT2D eigenvalue weighted by molar-refractivity contribution is 0.101. The van der Waals surface area contributed by atoms with E-state index >= 15 is 0 Å². The van der Waals surface area contributed by atoms with Crippen LogP contribution in [0.1, 0.15) is 22.8 Å². The molecule has 0 saturated carbocycles. The van der Waals surface area contributed by atoms with E-state index in [1.165, 1.54) is 12.1 Å². The van der Waals surface area contributed by atoms with Gasteiger partial charge in [0.25, 0.3) is 0 Å². The Morgan fingerprint density at radius 3 is 2.55 bits per heavy atom. The SMILES string of the molecule is CC(=C\c1ccccc1)/C=C1/Oc2c(ccc(O)c2O)C1=O. The predicted molar refractivity (Wildman–Crippen MR) is 82.9 cm³/mol. The first-order chi connectivity index (χ1) is 10.6. The quantitative estimate of drug-likeness (QED) is 0.655. The number of ether oxygens (including phenoxy) is 1. The molecule has 22 heavy (non-hydrogen) atoms. The van der Waals surface area contributed by atoms with Crippen molar-refractivity contribution in [3.8, 4) is 17.2 Å². The van der Waals surface area contributed by atoms with Gasteiger partial charge in [-0.2, -0.15) is 0 Å². The van der Waals surface area contributed by atoms with Crippen molar-refractivity contribution in [2.45, 2.75) is 6.92 Å². The van der Waals surface area contributed by atoms with Crippen LogP contribution in [0.3, 0.4) is 0 Å². The van der Waals surface area contributed by atoms with Crippen LogP contribution in [0.2, 0.25) is 0 Å². The van der Waals surface area contributed by atoms with Gasteiger partial charge in [-0.1, -0.05) is 36.4 Å². The van der Waals surface area contributed by atoms with Crippen LogP contribution < -0.4 is 4.74 Å². The first kappa shape index (κ1) is 13.9. The van der Waals surface area contributed by atoms with E-state index in [-0.39, 0.29) is 28.6 Å². The number of phenolic OH excluding ortho intramolecular Hbond substituents is 2. The molecule has 0 spiro atoms. The molecule has 0 unspecified atom stereocenters. The van der Waals surface area contributed by atoms with Gasteiger partial charge in [0.05, 0.1) is 5.56 Å². The van der Waals surface area contributed by atoms with Crippen molar-refractivity contribution in [1.29, 1.82) is 0 Å². The van der Waals surface area contributed by atoms with Crippen LogP contribution in [0.5, 0.6) is 17.2 Å². The molecule has 1 aliphatic rings. The summed E-state index contributed by atoms with van der Waals surface area (Å²) in [5.74, 6) is -0.918.